The lowest BCUT2D eigenvalue weighted by Crippen LogP contribution is -2.61. The second-order valence-electron chi connectivity index (χ2n) is 19.0. The number of nitrogens with two attached hydrogens (primary N) is 1. The Morgan fingerprint density at radius 2 is 1.03 bits per heavy atom. The number of rotatable bonds is 26. The molecule has 0 unspecified atom stereocenters. The predicted octanol–water partition coefficient (Wildman–Crippen LogP) is -4.81. The van der Waals surface area contributed by atoms with Crippen LogP contribution in [-0.2, 0) is 54.4 Å². The Kier molecular flexibility index (Phi) is 22.0. The number of benzene rings is 1. The number of carbonyl (C=O) groups excluding carboxylic acids is 9. The molecule has 2 aliphatic heterocycles. The SMILES string of the molecule is CC(C)C[C@H](NC(=O)[C@@H]1CCCN1C(=O)[C@H](Cc1c[nH]c2ccccc12)NC(=O)[C@H](CO)NC(=O)[C@@H]1CCCN1C(=O)[C@H](C)N)C(=O)N[C@@H](CO)C(=O)N[C@@H](CO)C(=O)N[C@@H](CO)C(=O)N[C@H](C(=O)O)C(C)C. The number of nitrogens with zero attached hydrogens (tertiary/aromatic N) is 2. The van der Waals surface area contributed by atoms with Crippen molar-refractivity contribution in [3.05, 3.63) is 36.0 Å². The summed E-state index contributed by atoms with van der Waals surface area (Å²) in [5.74, 6) is -10.1. The first-order valence-electron chi connectivity index (χ1n) is 24.3. The van der Waals surface area contributed by atoms with Gasteiger partial charge in [-0.15, -0.1) is 0 Å². The fourth-order valence-corrected chi connectivity index (χ4v) is 8.66. The van der Waals surface area contributed by atoms with Gasteiger partial charge in [-0.1, -0.05) is 45.9 Å². The van der Waals surface area contributed by atoms with Crippen LogP contribution in [0.1, 0.15) is 72.3 Å². The number of carboxylic acids is 1. The molecule has 404 valence electrons. The van der Waals surface area contributed by atoms with Gasteiger partial charge in [0.2, 0.25) is 53.2 Å². The van der Waals surface area contributed by atoms with E-state index in [0.717, 1.165) is 10.9 Å². The summed E-state index contributed by atoms with van der Waals surface area (Å²) in [5, 5.41) is 67.0. The van der Waals surface area contributed by atoms with E-state index in [0.29, 0.717) is 24.8 Å². The molecule has 0 radical (unpaired) electrons. The van der Waals surface area contributed by atoms with Gasteiger partial charge in [-0.25, -0.2) is 4.79 Å². The number of hydrogen-bond acceptors (Lipinski definition) is 15. The average molecular weight is 1030 g/mol. The molecular weight excluding hydrogens is 959 g/mol. The molecule has 2 fully saturated rings. The van der Waals surface area contributed by atoms with Crippen molar-refractivity contribution in [1.29, 1.82) is 0 Å². The molecule has 1 aromatic heterocycles. The first-order valence-corrected chi connectivity index (χ1v) is 24.3. The number of para-hydroxylation sites is 1. The van der Waals surface area contributed by atoms with E-state index in [9.17, 15) is 73.5 Å². The van der Waals surface area contributed by atoms with Crippen molar-refractivity contribution in [3.63, 3.8) is 0 Å². The maximum absolute atomic E-state index is 14.7. The summed E-state index contributed by atoms with van der Waals surface area (Å²) in [4.78, 5) is 139. The van der Waals surface area contributed by atoms with Gasteiger partial charge in [-0.3, -0.25) is 43.2 Å². The second-order valence-corrected chi connectivity index (χ2v) is 19.0. The molecule has 0 aliphatic carbocycles. The van der Waals surface area contributed by atoms with E-state index in [1.807, 2.05) is 12.1 Å². The summed E-state index contributed by atoms with van der Waals surface area (Å²) in [6.45, 7) is 4.38. The molecule has 3 heterocycles. The maximum atomic E-state index is 14.7. The lowest BCUT2D eigenvalue weighted by molar-refractivity contribution is -0.144. The number of aliphatic hydroxyl groups excluding tert-OH is 4. The number of fused-ring (bicyclic) bond motifs is 1. The van der Waals surface area contributed by atoms with Crippen LogP contribution in [0.5, 0.6) is 0 Å². The van der Waals surface area contributed by atoms with E-state index in [2.05, 4.69) is 42.2 Å². The monoisotopic (exact) mass is 1030 g/mol. The molecule has 0 bridgehead atoms. The molecule has 2 aliphatic rings. The molecule has 2 aromatic rings. The van der Waals surface area contributed by atoms with Crippen LogP contribution in [0.3, 0.4) is 0 Å². The molecule has 9 amide bonds. The van der Waals surface area contributed by atoms with E-state index >= 15 is 0 Å². The highest BCUT2D eigenvalue weighted by molar-refractivity contribution is 5.99. The average Bonchev–Trinajstić information content (AvgIpc) is 4.14. The van der Waals surface area contributed by atoms with Crippen LogP contribution in [0.15, 0.2) is 30.5 Å². The molecule has 26 nitrogen and oxygen atoms in total. The number of aromatic nitrogens is 1. The number of carboxylic acid groups (broad SMARTS) is 1. The van der Waals surface area contributed by atoms with Crippen LogP contribution >= 0.6 is 0 Å². The Balaban J connectivity index is 1.49. The highest BCUT2D eigenvalue weighted by Crippen LogP contribution is 2.24. The number of carbonyl (C=O) groups is 10. The van der Waals surface area contributed by atoms with Crippen molar-refractivity contribution in [2.24, 2.45) is 17.6 Å². The number of likely N-dealkylation sites (tertiary alicyclic amines) is 2. The lowest BCUT2D eigenvalue weighted by Gasteiger charge is -2.31. The standard InChI is InChI=1S/C47H71N11O15/c1-23(2)16-29(38(63)52-31(19-59)40(65)53-32(20-60)41(66)54-34(22-62)42(67)56-37(24(3)4)47(72)73)50-43(68)36-13-9-15-58(36)46(71)30(17-26-18-49-28-11-7-6-10-27(26)28)51-39(64)33(21-61)55-44(69)35-12-8-14-57(35)45(70)25(5)48/h6-7,10-11,18,23-25,29-37,49,59-62H,8-9,12-17,19-22,48H2,1-5H3,(H,50,68)(H,51,64)(H,52,63)(H,53,65)(H,54,66)(H,55,69)(H,56,67)(H,72,73)/t25-,29-,30-,31-,32-,33-,34-,35-,36-,37-/m0/s1. The third-order valence-electron chi connectivity index (χ3n) is 12.6. The maximum Gasteiger partial charge on any atom is 0.326 e. The van der Waals surface area contributed by atoms with Crippen molar-refractivity contribution < 1.29 is 73.5 Å². The van der Waals surface area contributed by atoms with Gasteiger partial charge in [0.25, 0.3) is 0 Å². The predicted molar refractivity (Wildman–Crippen MR) is 259 cm³/mol. The van der Waals surface area contributed by atoms with Gasteiger partial charge in [0.05, 0.1) is 32.5 Å². The first-order chi connectivity index (χ1) is 34.6. The number of hydrogen-bond donors (Lipinski definition) is 14. The summed E-state index contributed by atoms with van der Waals surface area (Å²) in [6, 6.07) is -6.69. The van der Waals surface area contributed by atoms with E-state index in [-0.39, 0.29) is 38.3 Å². The minimum Gasteiger partial charge on any atom is -0.480 e. The van der Waals surface area contributed by atoms with Crippen molar-refractivity contribution in [3.8, 4) is 0 Å². The smallest absolute Gasteiger partial charge is 0.326 e. The Morgan fingerprint density at radius 1 is 0.603 bits per heavy atom. The summed E-state index contributed by atoms with van der Waals surface area (Å²) in [7, 11) is 0. The molecule has 4 rings (SSSR count). The molecule has 73 heavy (non-hydrogen) atoms. The number of amides is 9. The van der Waals surface area contributed by atoms with Crippen molar-refractivity contribution >= 4 is 70.0 Å². The summed E-state index contributed by atoms with van der Waals surface area (Å²) in [6.07, 6.45) is 2.83. The van der Waals surface area contributed by atoms with Crippen LogP contribution in [0.4, 0.5) is 0 Å². The van der Waals surface area contributed by atoms with Gasteiger partial charge >= 0.3 is 5.97 Å². The first kappa shape index (κ1) is 58.8. The minimum atomic E-state index is -1.80. The van der Waals surface area contributed by atoms with Crippen LogP contribution in [-0.4, -0.2) is 199 Å². The van der Waals surface area contributed by atoms with Crippen LogP contribution in [0.25, 0.3) is 10.9 Å². The fraction of sp³-hybridized carbons (Fsp3) is 0.617. The number of aliphatic carboxylic acids is 1. The van der Waals surface area contributed by atoms with Crippen LogP contribution in [0, 0.1) is 11.8 Å². The van der Waals surface area contributed by atoms with Gasteiger partial charge in [-0.2, -0.15) is 0 Å². The van der Waals surface area contributed by atoms with E-state index in [4.69, 9.17) is 5.73 Å². The Labute approximate surface area is 421 Å². The zero-order chi connectivity index (χ0) is 54.3. The third-order valence-corrected chi connectivity index (χ3v) is 12.6. The molecule has 2 saturated heterocycles. The van der Waals surface area contributed by atoms with Gasteiger partial charge in [0.15, 0.2) is 0 Å². The molecule has 15 N–H and O–H groups in total. The van der Waals surface area contributed by atoms with Gasteiger partial charge < -0.3 is 83.3 Å². The number of aliphatic hydroxyl groups is 4. The van der Waals surface area contributed by atoms with Crippen molar-refractivity contribution in [2.75, 3.05) is 39.5 Å². The van der Waals surface area contributed by atoms with Gasteiger partial charge in [-0.05, 0) is 62.5 Å². The van der Waals surface area contributed by atoms with Crippen LogP contribution < -0.4 is 43.0 Å². The fourth-order valence-electron chi connectivity index (χ4n) is 8.66. The van der Waals surface area contributed by atoms with E-state index < -0.39 is 152 Å². The second kappa shape index (κ2) is 27.4. The number of aromatic amines is 1. The molecule has 0 spiro atoms. The van der Waals surface area contributed by atoms with E-state index in [1.165, 1.54) is 30.6 Å². The molecule has 0 saturated carbocycles. The zero-order valence-electron chi connectivity index (χ0n) is 41.6. The molecule has 10 atom stereocenters. The number of nitrogens with one attached hydrogen (secondary N) is 8. The normalized spacial score (nSPS) is 18.9. The Hall–Kier alpha value is -6.74. The largest absolute Gasteiger partial charge is 0.480 e. The topological polar surface area (TPSA) is 404 Å². The zero-order valence-corrected chi connectivity index (χ0v) is 41.6. The third kappa shape index (κ3) is 15.6. The molecular formula is C47H71N11O15. The van der Waals surface area contributed by atoms with Gasteiger partial charge in [0, 0.05) is 36.6 Å². The van der Waals surface area contributed by atoms with Gasteiger partial charge in [0.1, 0.15) is 54.4 Å². The Bertz CT molecular complexity index is 2310. The Morgan fingerprint density at radius 3 is 1.48 bits per heavy atom. The molecule has 1 aromatic carbocycles. The lowest BCUT2D eigenvalue weighted by atomic mass is 10.0. The highest BCUT2D eigenvalue weighted by Gasteiger charge is 2.42. The quantitative estimate of drug-likeness (QED) is 0.0420. The summed E-state index contributed by atoms with van der Waals surface area (Å²) >= 11 is 0. The highest BCUT2D eigenvalue weighted by atomic mass is 16.4. The number of H-pyrrole nitrogens is 1. The summed E-state index contributed by atoms with van der Waals surface area (Å²) < 4.78 is 0. The van der Waals surface area contributed by atoms with Crippen molar-refractivity contribution in [1.82, 2.24) is 52.0 Å². The van der Waals surface area contributed by atoms with E-state index in [1.54, 1.807) is 32.2 Å². The molecule has 26 heteroatoms. The minimum absolute atomic E-state index is 0.00459. The van der Waals surface area contributed by atoms with Crippen LogP contribution in [0.2, 0.25) is 0 Å². The summed E-state index contributed by atoms with van der Waals surface area (Å²) in [5.41, 5.74) is 7.14. The van der Waals surface area contributed by atoms with Crippen molar-refractivity contribution in [2.45, 2.75) is 134 Å².